The number of aromatic nitrogens is 2. The molecule has 5 heteroatoms. The van der Waals surface area contributed by atoms with Crippen LogP contribution in [0.4, 0.5) is 5.69 Å². The van der Waals surface area contributed by atoms with Crippen LogP contribution in [0.5, 0.6) is 11.5 Å². The highest BCUT2D eigenvalue weighted by Crippen LogP contribution is 2.42. The van der Waals surface area contributed by atoms with Crippen LogP contribution in [0.2, 0.25) is 0 Å². The molecule has 0 saturated carbocycles. The van der Waals surface area contributed by atoms with Crippen LogP contribution in [0.1, 0.15) is 28.6 Å². The van der Waals surface area contributed by atoms with Crippen molar-refractivity contribution in [1.29, 1.82) is 0 Å². The van der Waals surface area contributed by atoms with Crippen molar-refractivity contribution in [2.75, 3.05) is 5.32 Å². The van der Waals surface area contributed by atoms with Gasteiger partial charge in [-0.25, -0.2) is 4.68 Å². The second kappa shape index (κ2) is 5.03. The maximum Gasteiger partial charge on any atom is 0.150 e. The van der Waals surface area contributed by atoms with Gasteiger partial charge in [-0.15, -0.1) is 0 Å². The van der Waals surface area contributed by atoms with Crippen LogP contribution in [-0.2, 0) is 0 Å². The van der Waals surface area contributed by atoms with Crippen LogP contribution < -0.4 is 5.32 Å². The molecule has 0 unspecified atom stereocenters. The molecule has 4 rings (SSSR count). The Morgan fingerprint density at radius 3 is 2.58 bits per heavy atom. The van der Waals surface area contributed by atoms with Gasteiger partial charge in [0.2, 0.25) is 0 Å². The Hall–Kier alpha value is -2.95. The number of nitrogens with one attached hydrogen (secondary N) is 1. The Labute approximate surface area is 140 Å². The Morgan fingerprint density at radius 1 is 1.04 bits per heavy atom. The van der Waals surface area contributed by atoms with E-state index in [0.29, 0.717) is 5.56 Å². The van der Waals surface area contributed by atoms with Gasteiger partial charge in [0.1, 0.15) is 11.5 Å². The third-order valence-corrected chi connectivity index (χ3v) is 4.45. The molecule has 0 amide bonds. The fourth-order valence-corrected chi connectivity index (χ4v) is 3.45. The third-order valence-electron chi connectivity index (χ3n) is 4.45. The van der Waals surface area contributed by atoms with E-state index in [1.165, 1.54) is 11.6 Å². The normalized spacial score (nSPS) is 15.5. The smallest absolute Gasteiger partial charge is 0.150 e. The lowest BCUT2D eigenvalue weighted by Gasteiger charge is -2.31. The summed E-state index contributed by atoms with van der Waals surface area (Å²) in [5, 5.41) is 28.0. The lowest BCUT2D eigenvalue weighted by atomic mass is 9.98. The number of benzene rings is 2. The highest BCUT2D eigenvalue weighted by Gasteiger charge is 2.29. The summed E-state index contributed by atoms with van der Waals surface area (Å²) in [6.07, 6.45) is -0.330. The minimum absolute atomic E-state index is 0.0381. The molecule has 24 heavy (non-hydrogen) atoms. The van der Waals surface area contributed by atoms with E-state index in [1.54, 1.807) is 12.1 Å². The molecule has 0 radical (unpaired) electrons. The van der Waals surface area contributed by atoms with E-state index in [0.717, 1.165) is 28.2 Å². The zero-order valence-corrected chi connectivity index (χ0v) is 13.8. The van der Waals surface area contributed by atoms with Crippen molar-refractivity contribution in [3.8, 4) is 22.8 Å². The van der Waals surface area contributed by atoms with E-state index in [4.69, 9.17) is 0 Å². The number of aromatic hydroxyl groups is 2. The van der Waals surface area contributed by atoms with Crippen LogP contribution in [-0.4, -0.2) is 20.0 Å². The average molecular weight is 321 g/mol. The molecule has 1 aromatic heterocycles. The van der Waals surface area contributed by atoms with Gasteiger partial charge < -0.3 is 15.5 Å². The largest absolute Gasteiger partial charge is 0.508 e. The van der Waals surface area contributed by atoms with Crippen LogP contribution in [0, 0.1) is 20.8 Å². The van der Waals surface area contributed by atoms with E-state index >= 15 is 0 Å². The number of hydrogen-bond donors (Lipinski definition) is 3. The maximum atomic E-state index is 10.3. The van der Waals surface area contributed by atoms with E-state index in [2.05, 4.69) is 42.5 Å². The van der Waals surface area contributed by atoms with Gasteiger partial charge in [0.15, 0.2) is 6.17 Å². The van der Waals surface area contributed by atoms with Crippen LogP contribution in [0.3, 0.4) is 0 Å². The molecule has 1 atom stereocenters. The van der Waals surface area contributed by atoms with Gasteiger partial charge in [0.05, 0.1) is 11.4 Å². The third kappa shape index (κ3) is 2.12. The van der Waals surface area contributed by atoms with Crippen molar-refractivity contribution in [1.82, 2.24) is 9.78 Å². The number of phenols is 2. The molecule has 0 saturated heterocycles. The van der Waals surface area contributed by atoms with Gasteiger partial charge in [-0.05, 0) is 50.6 Å². The fraction of sp³-hybridized carbons (Fsp3) is 0.211. The molecule has 2 aromatic carbocycles. The van der Waals surface area contributed by atoms with Crippen molar-refractivity contribution in [3.63, 3.8) is 0 Å². The summed E-state index contributed by atoms with van der Waals surface area (Å²) in [5.74, 6) is 0.0796. The maximum absolute atomic E-state index is 10.3. The van der Waals surface area contributed by atoms with Gasteiger partial charge in [0, 0.05) is 22.9 Å². The molecule has 0 bridgehead atoms. The molecule has 1 aliphatic rings. The summed E-state index contributed by atoms with van der Waals surface area (Å²) in [4.78, 5) is 0. The van der Waals surface area contributed by atoms with Gasteiger partial charge in [-0.2, -0.15) is 5.10 Å². The number of hydrogen-bond acceptors (Lipinski definition) is 4. The number of phenolic OH excluding ortho intramolecular Hbond substituents is 2. The van der Waals surface area contributed by atoms with Crippen LogP contribution >= 0.6 is 0 Å². The predicted octanol–water partition coefficient (Wildman–Crippen LogP) is 3.86. The SMILES string of the molecule is Cc1cc(C)c2c(c1)-c1cc(C)nn1[C@H](c1ccc(O)cc1O)N2. The Bertz CT molecular complexity index is 959. The molecular formula is C19H19N3O2. The number of rotatable bonds is 1. The highest BCUT2D eigenvalue weighted by atomic mass is 16.3. The topological polar surface area (TPSA) is 70.3 Å². The lowest BCUT2D eigenvalue weighted by Crippen LogP contribution is -2.26. The molecule has 5 nitrogen and oxygen atoms in total. The molecule has 0 spiro atoms. The standard InChI is InChI=1S/C19H19N3O2/c1-10-6-11(2)18-15(7-10)16-8-12(3)21-22(16)19(20-18)14-5-4-13(23)9-17(14)24/h4-9,19-20,23-24H,1-3H3/t19-/m1/s1. The predicted molar refractivity (Wildman–Crippen MR) is 93.4 cm³/mol. The minimum Gasteiger partial charge on any atom is -0.508 e. The molecule has 0 fully saturated rings. The van der Waals surface area contributed by atoms with Crippen molar-refractivity contribution >= 4 is 5.69 Å². The van der Waals surface area contributed by atoms with E-state index < -0.39 is 0 Å². The monoisotopic (exact) mass is 321 g/mol. The van der Waals surface area contributed by atoms with E-state index in [1.807, 2.05) is 11.6 Å². The summed E-state index contributed by atoms with van der Waals surface area (Å²) in [6, 6.07) is 11.0. The summed E-state index contributed by atoms with van der Waals surface area (Å²) < 4.78 is 1.89. The van der Waals surface area contributed by atoms with Crippen molar-refractivity contribution < 1.29 is 10.2 Å². The zero-order valence-electron chi connectivity index (χ0n) is 13.8. The molecular weight excluding hydrogens is 302 g/mol. The van der Waals surface area contributed by atoms with Gasteiger partial charge in [0.25, 0.3) is 0 Å². The summed E-state index contributed by atoms with van der Waals surface area (Å²) >= 11 is 0. The molecule has 3 aromatic rings. The molecule has 1 aliphatic heterocycles. The Balaban J connectivity index is 1.95. The first-order chi connectivity index (χ1) is 11.4. The average Bonchev–Trinajstić information content (AvgIpc) is 2.89. The van der Waals surface area contributed by atoms with Crippen molar-refractivity contribution in [2.45, 2.75) is 26.9 Å². The summed E-state index contributed by atoms with van der Waals surface area (Å²) in [5.41, 5.74) is 7.12. The molecule has 0 aliphatic carbocycles. The van der Waals surface area contributed by atoms with Crippen LogP contribution in [0.15, 0.2) is 36.4 Å². The highest BCUT2D eigenvalue weighted by molar-refractivity contribution is 5.82. The first-order valence-corrected chi connectivity index (χ1v) is 7.90. The van der Waals surface area contributed by atoms with Gasteiger partial charge in [-0.3, -0.25) is 0 Å². The minimum atomic E-state index is -0.330. The van der Waals surface area contributed by atoms with E-state index in [-0.39, 0.29) is 17.7 Å². The molecule has 3 N–H and O–H groups in total. The zero-order chi connectivity index (χ0) is 17.0. The number of anilines is 1. The summed E-state index contributed by atoms with van der Waals surface area (Å²) in [6.45, 7) is 6.12. The Morgan fingerprint density at radius 2 is 1.83 bits per heavy atom. The fourth-order valence-electron chi connectivity index (χ4n) is 3.45. The van der Waals surface area contributed by atoms with E-state index in [9.17, 15) is 10.2 Å². The van der Waals surface area contributed by atoms with Crippen molar-refractivity contribution in [3.05, 3.63) is 58.8 Å². The first kappa shape index (κ1) is 14.6. The Kier molecular flexibility index (Phi) is 3.06. The quantitative estimate of drug-likeness (QED) is 0.636. The van der Waals surface area contributed by atoms with Crippen LogP contribution in [0.25, 0.3) is 11.3 Å². The molecule has 2 heterocycles. The van der Waals surface area contributed by atoms with Gasteiger partial charge >= 0.3 is 0 Å². The van der Waals surface area contributed by atoms with Crippen molar-refractivity contribution in [2.24, 2.45) is 0 Å². The summed E-state index contributed by atoms with van der Waals surface area (Å²) in [7, 11) is 0. The molecule has 122 valence electrons. The lowest BCUT2D eigenvalue weighted by molar-refractivity contribution is 0.436. The second-order valence-electron chi connectivity index (χ2n) is 6.41. The second-order valence-corrected chi connectivity index (χ2v) is 6.41. The number of aryl methyl sites for hydroxylation is 3. The first-order valence-electron chi connectivity index (χ1n) is 7.90. The number of nitrogens with zero attached hydrogens (tertiary/aromatic N) is 2. The van der Waals surface area contributed by atoms with Gasteiger partial charge in [-0.1, -0.05) is 11.6 Å². The number of fused-ring (bicyclic) bond motifs is 3.